The summed E-state index contributed by atoms with van der Waals surface area (Å²) < 4.78 is 6.84. The fraction of sp³-hybridized carbons (Fsp3) is 0.0612. The highest BCUT2D eigenvalue weighted by Gasteiger charge is 2.36. The first-order chi connectivity index (χ1) is 25.0. The number of benzene rings is 8. The SMILES string of the molecule is CC1(C)c2ccccc2-c2ccc(N(c3cccc(-c4cccc(-c5ccccc5)c4)c3)c3cccc4c3oc3ccc5ccccc5c34)cc21. The second-order valence-electron chi connectivity index (χ2n) is 14.1. The zero-order valence-corrected chi connectivity index (χ0v) is 28.6. The third-order valence-corrected chi connectivity index (χ3v) is 10.8. The van der Waals surface area contributed by atoms with Crippen LogP contribution in [0.3, 0.4) is 0 Å². The first kappa shape index (κ1) is 29.5. The zero-order valence-electron chi connectivity index (χ0n) is 28.6. The minimum atomic E-state index is -0.127. The van der Waals surface area contributed by atoms with Crippen LogP contribution in [0.5, 0.6) is 0 Å². The van der Waals surface area contributed by atoms with Crippen molar-refractivity contribution in [2.45, 2.75) is 19.3 Å². The smallest absolute Gasteiger partial charge is 0.159 e. The van der Waals surface area contributed by atoms with Crippen molar-refractivity contribution in [2.24, 2.45) is 0 Å². The van der Waals surface area contributed by atoms with Crippen LogP contribution in [0.1, 0.15) is 25.0 Å². The molecular formula is C49H35NO. The number of nitrogens with zero attached hydrogens (tertiary/aromatic N) is 1. The molecule has 9 aromatic rings. The molecule has 2 nitrogen and oxygen atoms in total. The predicted octanol–water partition coefficient (Wildman–Crippen LogP) is 13.8. The monoisotopic (exact) mass is 653 g/mol. The Morgan fingerprint density at radius 3 is 1.98 bits per heavy atom. The molecule has 242 valence electrons. The van der Waals surface area contributed by atoms with Crippen LogP contribution in [0.25, 0.3) is 66.1 Å². The summed E-state index contributed by atoms with van der Waals surface area (Å²) in [5.74, 6) is 0. The lowest BCUT2D eigenvalue weighted by molar-refractivity contribution is 0.660. The zero-order chi connectivity index (χ0) is 34.1. The Balaban J connectivity index is 1.20. The van der Waals surface area contributed by atoms with Crippen LogP contribution < -0.4 is 4.90 Å². The van der Waals surface area contributed by atoms with E-state index in [0.717, 1.165) is 44.6 Å². The summed E-state index contributed by atoms with van der Waals surface area (Å²) in [7, 11) is 0. The first-order valence-corrected chi connectivity index (χ1v) is 17.7. The van der Waals surface area contributed by atoms with E-state index in [4.69, 9.17) is 4.42 Å². The molecule has 0 fully saturated rings. The normalized spacial score (nSPS) is 13.1. The number of hydrogen-bond donors (Lipinski definition) is 0. The molecule has 0 radical (unpaired) electrons. The third-order valence-electron chi connectivity index (χ3n) is 10.8. The van der Waals surface area contributed by atoms with Gasteiger partial charge in [0.2, 0.25) is 0 Å². The third kappa shape index (κ3) is 4.64. The Labute approximate surface area is 297 Å². The van der Waals surface area contributed by atoms with E-state index in [1.54, 1.807) is 0 Å². The number of rotatable bonds is 5. The molecule has 0 amide bonds. The molecule has 0 saturated carbocycles. The van der Waals surface area contributed by atoms with Crippen molar-refractivity contribution >= 4 is 49.8 Å². The van der Waals surface area contributed by atoms with E-state index in [-0.39, 0.29) is 5.41 Å². The number of fused-ring (bicyclic) bond motifs is 8. The summed E-state index contributed by atoms with van der Waals surface area (Å²) >= 11 is 0. The number of anilines is 3. The van der Waals surface area contributed by atoms with Gasteiger partial charge in [0.15, 0.2) is 5.58 Å². The van der Waals surface area contributed by atoms with Gasteiger partial charge in [0, 0.05) is 27.6 Å². The Morgan fingerprint density at radius 1 is 0.451 bits per heavy atom. The van der Waals surface area contributed by atoms with Gasteiger partial charge in [0.1, 0.15) is 5.58 Å². The fourth-order valence-corrected chi connectivity index (χ4v) is 8.32. The molecule has 1 aromatic heterocycles. The quantitative estimate of drug-likeness (QED) is 0.184. The molecule has 0 N–H and O–H groups in total. The van der Waals surface area contributed by atoms with E-state index < -0.39 is 0 Å². The Morgan fingerprint density at radius 2 is 1.10 bits per heavy atom. The maximum absolute atomic E-state index is 6.84. The molecule has 2 heteroatoms. The van der Waals surface area contributed by atoms with Gasteiger partial charge in [-0.05, 0) is 97.7 Å². The Hall–Kier alpha value is -6.38. The topological polar surface area (TPSA) is 16.4 Å². The standard InChI is InChI=1S/C49H35NO/c1-49(2)43-23-9-8-21-40(43)41-27-26-38(31-44(41)49)50(37-19-11-18-36(30-37)35-17-10-16-34(29-35)32-13-4-3-5-14-32)45-24-12-22-42-47-39-20-7-6-15-33(39)25-28-46(47)51-48(42)45/h3-31H,1-2H3. The van der Waals surface area contributed by atoms with Crippen LogP contribution >= 0.6 is 0 Å². The van der Waals surface area contributed by atoms with Crippen LogP contribution in [-0.2, 0) is 5.41 Å². The molecule has 1 aliphatic rings. The summed E-state index contributed by atoms with van der Waals surface area (Å²) in [5, 5.41) is 4.68. The highest BCUT2D eigenvalue weighted by atomic mass is 16.3. The van der Waals surface area contributed by atoms with Gasteiger partial charge in [0.05, 0.1) is 5.69 Å². The lowest BCUT2D eigenvalue weighted by atomic mass is 9.82. The molecule has 8 aromatic carbocycles. The number of hydrogen-bond acceptors (Lipinski definition) is 2. The molecule has 0 atom stereocenters. The van der Waals surface area contributed by atoms with Gasteiger partial charge < -0.3 is 9.32 Å². The van der Waals surface area contributed by atoms with Crippen molar-refractivity contribution < 1.29 is 4.42 Å². The van der Waals surface area contributed by atoms with Gasteiger partial charge in [0.25, 0.3) is 0 Å². The highest BCUT2D eigenvalue weighted by Crippen LogP contribution is 2.51. The summed E-state index contributed by atoms with van der Waals surface area (Å²) in [6.45, 7) is 4.69. The maximum atomic E-state index is 6.84. The molecule has 0 spiro atoms. The van der Waals surface area contributed by atoms with E-state index >= 15 is 0 Å². The molecule has 51 heavy (non-hydrogen) atoms. The fourth-order valence-electron chi connectivity index (χ4n) is 8.32. The lowest BCUT2D eigenvalue weighted by Crippen LogP contribution is -2.16. The van der Waals surface area contributed by atoms with Gasteiger partial charge in [-0.25, -0.2) is 0 Å². The van der Waals surface area contributed by atoms with Crippen molar-refractivity contribution in [3.8, 4) is 33.4 Å². The van der Waals surface area contributed by atoms with E-state index in [1.807, 2.05) is 0 Å². The van der Waals surface area contributed by atoms with Gasteiger partial charge in [-0.15, -0.1) is 0 Å². The van der Waals surface area contributed by atoms with Crippen molar-refractivity contribution in [2.75, 3.05) is 4.90 Å². The second-order valence-corrected chi connectivity index (χ2v) is 14.1. The highest BCUT2D eigenvalue weighted by molar-refractivity contribution is 6.21. The number of furan rings is 1. The van der Waals surface area contributed by atoms with Gasteiger partial charge >= 0.3 is 0 Å². The van der Waals surface area contributed by atoms with Crippen LogP contribution in [0.4, 0.5) is 17.1 Å². The van der Waals surface area contributed by atoms with Gasteiger partial charge in [-0.1, -0.05) is 147 Å². The molecule has 0 saturated heterocycles. The van der Waals surface area contributed by atoms with E-state index in [1.165, 1.54) is 49.7 Å². The van der Waals surface area contributed by atoms with Crippen molar-refractivity contribution in [1.82, 2.24) is 0 Å². The van der Waals surface area contributed by atoms with Gasteiger partial charge in [-0.3, -0.25) is 0 Å². The van der Waals surface area contributed by atoms with Crippen molar-refractivity contribution in [3.63, 3.8) is 0 Å². The molecule has 1 heterocycles. The Kier molecular flexibility index (Phi) is 6.56. The minimum Gasteiger partial charge on any atom is -0.454 e. The largest absolute Gasteiger partial charge is 0.454 e. The second kappa shape index (κ2) is 11.3. The molecule has 0 unspecified atom stereocenters. The van der Waals surface area contributed by atoms with Crippen molar-refractivity contribution in [3.05, 3.63) is 187 Å². The number of para-hydroxylation sites is 1. The molecule has 0 bridgehead atoms. The summed E-state index contributed by atoms with van der Waals surface area (Å²) in [6, 6.07) is 63.6. The van der Waals surface area contributed by atoms with Crippen LogP contribution in [-0.4, -0.2) is 0 Å². The van der Waals surface area contributed by atoms with E-state index in [2.05, 4.69) is 195 Å². The first-order valence-electron chi connectivity index (χ1n) is 17.7. The Bertz CT molecular complexity index is 2790. The van der Waals surface area contributed by atoms with Crippen LogP contribution in [0.15, 0.2) is 180 Å². The molecular weight excluding hydrogens is 619 g/mol. The van der Waals surface area contributed by atoms with E-state index in [0.29, 0.717) is 0 Å². The van der Waals surface area contributed by atoms with Gasteiger partial charge in [-0.2, -0.15) is 0 Å². The average Bonchev–Trinajstić information content (AvgIpc) is 3.68. The molecule has 0 aliphatic heterocycles. The summed E-state index contributed by atoms with van der Waals surface area (Å²) in [6.07, 6.45) is 0. The van der Waals surface area contributed by atoms with E-state index in [9.17, 15) is 0 Å². The summed E-state index contributed by atoms with van der Waals surface area (Å²) in [5.41, 5.74) is 14.9. The minimum absolute atomic E-state index is 0.127. The van der Waals surface area contributed by atoms with Crippen LogP contribution in [0.2, 0.25) is 0 Å². The average molecular weight is 654 g/mol. The van der Waals surface area contributed by atoms with Crippen LogP contribution in [0, 0.1) is 0 Å². The predicted molar refractivity (Wildman–Crippen MR) is 214 cm³/mol. The molecule has 1 aliphatic carbocycles. The van der Waals surface area contributed by atoms with Crippen molar-refractivity contribution in [1.29, 1.82) is 0 Å². The summed E-state index contributed by atoms with van der Waals surface area (Å²) in [4.78, 5) is 2.39. The maximum Gasteiger partial charge on any atom is 0.159 e. The molecule has 10 rings (SSSR count). The lowest BCUT2D eigenvalue weighted by Gasteiger charge is -2.28.